The molecule has 2 aromatic heterocycles. The van der Waals surface area contributed by atoms with Gasteiger partial charge in [-0.15, -0.1) is 5.10 Å². The van der Waals surface area contributed by atoms with Crippen molar-refractivity contribution < 1.29 is 9.47 Å². The van der Waals surface area contributed by atoms with E-state index in [1.165, 1.54) is 0 Å². The van der Waals surface area contributed by atoms with E-state index in [-0.39, 0.29) is 0 Å². The van der Waals surface area contributed by atoms with Gasteiger partial charge in [0.25, 0.3) is 5.95 Å². The molecule has 8 nitrogen and oxygen atoms in total. The highest BCUT2D eigenvalue weighted by molar-refractivity contribution is 5.62. The summed E-state index contributed by atoms with van der Waals surface area (Å²) in [5.41, 5.74) is 2.62. The summed E-state index contributed by atoms with van der Waals surface area (Å²) in [4.78, 5) is 14.0. The molecule has 2 heterocycles. The molecule has 0 amide bonds. The van der Waals surface area contributed by atoms with E-state index in [4.69, 9.17) is 14.5 Å². The molecule has 4 rings (SSSR count). The molecule has 2 aromatic carbocycles. The molecule has 0 radical (unpaired) electrons. The van der Waals surface area contributed by atoms with Crippen molar-refractivity contribution in [1.82, 2.24) is 29.9 Å². The Balaban J connectivity index is 1.78. The number of nitrogens with zero attached hydrogens (tertiary/aromatic N) is 6. The maximum Gasteiger partial charge on any atom is 0.256 e. The first-order valence-electron chi connectivity index (χ1n) is 10.2. The van der Waals surface area contributed by atoms with Crippen LogP contribution in [0.5, 0.6) is 11.5 Å². The number of methoxy groups -OCH3 is 2. The maximum atomic E-state index is 5.26. The van der Waals surface area contributed by atoms with Gasteiger partial charge in [-0.05, 0) is 61.4 Å². The molecule has 0 saturated heterocycles. The number of unbranched alkanes of at least 4 members (excludes halogenated alkanes) is 1. The van der Waals surface area contributed by atoms with E-state index in [0.717, 1.165) is 47.6 Å². The van der Waals surface area contributed by atoms with Gasteiger partial charge in [0, 0.05) is 11.1 Å². The quantitative estimate of drug-likeness (QED) is 0.426. The Morgan fingerprint density at radius 2 is 1.32 bits per heavy atom. The molecule has 0 N–H and O–H groups in total. The molecule has 0 unspecified atom stereocenters. The molecule has 0 spiro atoms. The Kier molecular flexibility index (Phi) is 6.16. The van der Waals surface area contributed by atoms with Crippen LogP contribution >= 0.6 is 0 Å². The number of benzene rings is 2. The zero-order valence-electron chi connectivity index (χ0n) is 17.8. The van der Waals surface area contributed by atoms with Gasteiger partial charge in [-0.1, -0.05) is 18.6 Å². The summed E-state index contributed by atoms with van der Waals surface area (Å²) >= 11 is 0. The van der Waals surface area contributed by atoms with Crippen LogP contribution in [0, 0.1) is 0 Å². The van der Waals surface area contributed by atoms with Crippen LogP contribution in [-0.2, 0) is 6.42 Å². The van der Waals surface area contributed by atoms with E-state index < -0.39 is 0 Å². The van der Waals surface area contributed by atoms with Crippen LogP contribution in [0.15, 0.2) is 54.7 Å². The number of aromatic nitrogens is 6. The number of aryl methyl sites for hydroxylation is 1. The van der Waals surface area contributed by atoms with Gasteiger partial charge in [-0.25, -0.2) is 4.98 Å². The van der Waals surface area contributed by atoms with Crippen molar-refractivity contribution in [1.29, 1.82) is 0 Å². The lowest BCUT2D eigenvalue weighted by atomic mass is 10.2. The van der Waals surface area contributed by atoms with Gasteiger partial charge in [0.05, 0.1) is 26.1 Å². The normalized spacial score (nSPS) is 10.8. The van der Waals surface area contributed by atoms with E-state index >= 15 is 0 Å². The van der Waals surface area contributed by atoms with E-state index in [9.17, 15) is 0 Å². The first-order chi connectivity index (χ1) is 15.2. The Morgan fingerprint density at radius 1 is 0.774 bits per heavy atom. The van der Waals surface area contributed by atoms with Crippen molar-refractivity contribution in [3.8, 4) is 40.2 Å². The first-order valence-corrected chi connectivity index (χ1v) is 10.2. The molecule has 0 bridgehead atoms. The topological polar surface area (TPSA) is 87.8 Å². The molecule has 0 atom stereocenters. The fourth-order valence-corrected chi connectivity index (χ4v) is 3.07. The Morgan fingerprint density at radius 3 is 1.81 bits per heavy atom. The van der Waals surface area contributed by atoms with Gasteiger partial charge < -0.3 is 9.47 Å². The lowest BCUT2D eigenvalue weighted by molar-refractivity contribution is 0.415. The average molecular weight is 416 g/mol. The van der Waals surface area contributed by atoms with Crippen LogP contribution in [0.4, 0.5) is 0 Å². The summed E-state index contributed by atoms with van der Waals surface area (Å²) < 4.78 is 12.1. The highest BCUT2D eigenvalue weighted by atomic mass is 16.5. The molecular formula is C23H24N6O2. The molecule has 0 fully saturated rings. The summed E-state index contributed by atoms with van der Waals surface area (Å²) in [5, 5.41) is 8.50. The Bertz CT molecular complexity index is 1070. The monoisotopic (exact) mass is 416 g/mol. The van der Waals surface area contributed by atoms with Gasteiger partial charge in [-0.3, -0.25) is 0 Å². The number of hydrogen-bond acceptors (Lipinski definition) is 7. The van der Waals surface area contributed by atoms with Crippen LogP contribution in [0.1, 0.15) is 25.5 Å². The van der Waals surface area contributed by atoms with Crippen molar-refractivity contribution in [3.63, 3.8) is 0 Å². The van der Waals surface area contributed by atoms with Gasteiger partial charge in [0.2, 0.25) is 0 Å². The van der Waals surface area contributed by atoms with E-state index in [2.05, 4.69) is 27.2 Å². The predicted molar refractivity (Wildman–Crippen MR) is 117 cm³/mol. The molecule has 0 aliphatic carbocycles. The molecule has 0 saturated carbocycles. The lowest BCUT2D eigenvalue weighted by Gasteiger charge is -2.08. The van der Waals surface area contributed by atoms with Crippen molar-refractivity contribution in [2.45, 2.75) is 26.2 Å². The van der Waals surface area contributed by atoms with Crippen LogP contribution in [0.3, 0.4) is 0 Å². The largest absolute Gasteiger partial charge is 0.497 e. The minimum atomic E-state index is 0.418. The minimum Gasteiger partial charge on any atom is -0.497 e. The van der Waals surface area contributed by atoms with Crippen LogP contribution < -0.4 is 9.47 Å². The fourth-order valence-electron chi connectivity index (χ4n) is 3.07. The summed E-state index contributed by atoms with van der Waals surface area (Å²) in [6.45, 7) is 2.15. The van der Waals surface area contributed by atoms with Crippen LogP contribution in [0.2, 0.25) is 0 Å². The van der Waals surface area contributed by atoms with Gasteiger partial charge in [0.1, 0.15) is 11.5 Å². The van der Waals surface area contributed by atoms with Gasteiger partial charge >= 0.3 is 0 Å². The highest BCUT2D eigenvalue weighted by Crippen LogP contribution is 2.24. The second kappa shape index (κ2) is 9.34. The molecule has 31 heavy (non-hydrogen) atoms. The third-order valence-electron chi connectivity index (χ3n) is 4.85. The zero-order valence-corrected chi connectivity index (χ0v) is 17.8. The minimum absolute atomic E-state index is 0.418. The first kappa shape index (κ1) is 20.5. The third-order valence-corrected chi connectivity index (χ3v) is 4.85. The van der Waals surface area contributed by atoms with Crippen molar-refractivity contribution in [2.24, 2.45) is 0 Å². The molecule has 158 valence electrons. The summed E-state index contributed by atoms with van der Waals surface area (Å²) in [6.07, 6.45) is 4.91. The molecule has 8 heteroatoms. The number of hydrogen-bond donors (Lipinski definition) is 0. The van der Waals surface area contributed by atoms with Crippen molar-refractivity contribution in [3.05, 3.63) is 60.4 Å². The molecular weight excluding hydrogens is 392 g/mol. The fraction of sp³-hybridized carbons (Fsp3) is 0.261. The van der Waals surface area contributed by atoms with E-state index in [1.54, 1.807) is 18.9 Å². The zero-order chi connectivity index (χ0) is 21.6. The van der Waals surface area contributed by atoms with E-state index in [0.29, 0.717) is 17.6 Å². The molecule has 0 aliphatic heterocycles. The Labute approximate surface area is 180 Å². The maximum absolute atomic E-state index is 5.26. The van der Waals surface area contributed by atoms with Crippen LogP contribution in [-0.4, -0.2) is 44.2 Å². The highest BCUT2D eigenvalue weighted by Gasteiger charge is 2.14. The third kappa shape index (κ3) is 4.69. The number of rotatable bonds is 8. The molecule has 4 aromatic rings. The second-order valence-electron chi connectivity index (χ2n) is 7.00. The smallest absolute Gasteiger partial charge is 0.256 e. The van der Waals surface area contributed by atoms with Crippen molar-refractivity contribution in [2.75, 3.05) is 14.2 Å². The lowest BCUT2D eigenvalue weighted by Crippen LogP contribution is -2.07. The van der Waals surface area contributed by atoms with Gasteiger partial charge in [-0.2, -0.15) is 14.6 Å². The Hall–Kier alpha value is -3.81. The van der Waals surface area contributed by atoms with Crippen molar-refractivity contribution >= 4 is 0 Å². The standard InChI is InChI=1S/C23H24N6O2/c1-4-5-6-18-15-29(28-27-18)23-25-21(16-7-11-19(30-2)12-8-16)24-22(26-23)17-9-13-20(31-3)14-10-17/h7-15H,4-6H2,1-3H3. The predicted octanol–water partition coefficient (Wildman–Crippen LogP) is 4.15. The summed E-state index contributed by atoms with van der Waals surface area (Å²) in [6, 6.07) is 15.2. The van der Waals surface area contributed by atoms with Gasteiger partial charge in [0.15, 0.2) is 11.6 Å². The summed E-state index contributed by atoms with van der Waals surface area (Å²) in [5.74, 6) is 3.05. The number of ether oxygens (including phenoxy) is 2. The second-order valence-corrected chi connectivity index (χ2v) is 7.00. The summed E-state index contributed by atoms with van der Waals surface area (Å²) in [7, 11) is 3.28. The van der Waals surface area contributed by atoms with Crippen LogP contribution in [0.25, 0.3) is 28.7 Å². The molecule has 0 aliphatic rings. The SMILES string of the molecule is CCCCc1cn(-c2nc(-c3ccc(OC)cc3)nc(-c3ccc(OC)cc3)n2)nn1. The average Bonchev–Trinajstić information content (AvgIpc) is 3.31. The van der Waals surface area contributed by atoms with E-state index in [1.807, 2.05) is 54.7 Å².